The minimum absolute atomic E-state index is 0.149. The summed E-state index contributed by atoms with van der Waals surface area (Å²) in [6.07, 6.45) is 0. The van der Waals surface area contributed by atoms with Crippen LogP contribution in [0.4, 0.5) is 4.39 Å². The van der Waals surface area contributed by atoms with E-state index in [1.807, 2.05) is 30.3 Å². The minimum Gasteiger partial charge on any atom is -0.489 e. The fourth-order valence-corrected chi connectivity index (χ4v) is 1.83. The minimum atomic E-state index is -1.90. The van der Waals surface area contributed by atoms with Crippen molar-refractivity contribution >= 4 is 12.6 Å². The van der Waals surface area contributed by atoms with Gasteiger partial charge in [0.25, 0.3) is 0 Å². The highest BCUT2D eigenvalue weighted by atomic mass is 19.1. The summed E-state index contributed by atoms with van der Waals surface area (Å²) in [5, 5.41) is 18.4. The molecule has 2 N–H and O–H groups in total. The first-order chi connectivity index (χ1) is 9.08. The lowest BCUT2D eigenvalue weighted by Crippen LogP contribution is -2.34. The second-order valence-electron chi connectivity index (χ2n) is 4.31. The SMILES string of the molecule is Cc1cc(F)c(B(O)O)c(OCc2ccccc2)c1. The summed E-state index contributed by atoms with van der Waals surface area (Å²) < 4.78 is 19.2. The number of halogens is 1. The van der Waals surface area contributed by atoms with Gasteiger partial charge in [-0.1, -0.05) is 30.3 Å². The Labute approximate surface area is 111 Å². The molecule has 2 aromatic carbocycles. The molecule has 0 aliphatic rings. The van der Waals surface area contributed by atoms with Crippen molar-refractivity contribution < 1.29 is 19.2 Å². The zero-order valence-electron chi connectivity index (χ0n) is 10.5. The topological polar surface area (TPSA) is 49.7 Å². The molecule has 0 bridgehead atoms. The van der Waals surface area contributed by atoms with Crippen LogP contribution < -0.4 is 10.2 Å². The largest absolute Gasteiger partial charge is 0.495 e. The maximum atomic E-state index is 13.7. The standard InChI is InChI=1S/C14H14BFO3/c1-10-7-12(16)14(15(17)18)13(8-10)19-9-11-5-3-2-4-6-11/h2-8,17-18H,9H2,1H3. The molecule has 0 aliphatic heterocycles. The molecule has 3 nitrogen and oxygen atoms in total. The Balaban J connectivity index is 2.24. The molecule has 0 unspecified atom stereocenters. The van der Waals surface area contributed by atoms with Crippen LogP contribution in [0.5, 0.6) is 5.75 Å². The van der Waals surface area contributed by atoms with Gasteiger partial charge in [-0.3, -0.25) is 0 Å². The fourth-order valence-electron chi connectivity index (χ4n) is 1.83. The molecule has 0 aromatic heterocycles. The van der Waals surface area contributed by atoms with E-state index < -0.39 is 12.9 Å². The third kappa shape index (κ3) is 3.33. The van der Waals surface area contributed by atoms with Crippen LogP contribution in [0.3, 0.4) is 0 Å². The van der Waals surface area contributed by atoms with E-state index in [2.05, 4.69) is 0 Å². The number of aryl methyl sites for hydroxylation is 1. The van der Waals surface area contributed by atoms with Crippen LogP contribution in [-0.4, -0.2) is 17.2 Å². The van der Waals surface area contributed by atoms with Gasteiger partial charge in [0.2, 0.25) is 0 Å². The van der Waals surface area contributed by atoms with Gasteiger partial charge in [0, 0.05) is 0 Å². The molecule has 0 atom stereocenters. The molecule has 19 heavy (non-hydrogen) atoms. The molecule has 0 saturated carbocycles. The van der Waals surface area contributed by atoms with Crippen LogP contribution in [0.1, 0.15) is 11.1 Å². The van der Waals surface area contributed by atoms with E-state index >= 15 is 0 Å². The molecule has 0 saturated heterocycles. The first-order valence-corrected chi connectivity index (χ1v) is 5.91. The summed E-state index contributed by atoms with van der Waals surface area (Å²) in [4.78, 5) is 0. The fraction of sp³-hybridized carbons (Fsp3) is 0.143. The van der Waals surface area contributed by atoms with Gasteiger partial charge in [0.15, 0.2) is 0 Å². The Morgan fingerprint density at radius 1 is 1.16 bits per heavy atom. The highest BCUT2D eigenvalue weighted by Crippen LogP contribution is 2.16. The lowest BCUT2D eigenvalue weighted by Gasteiger charge is -2.13. The Morgan fingerprint density at radius 3 is 2.47 bits per heavy atom. The summed E-state index contributed by atoms with van der Waals surface area (Å²) in [7, 11) is -1.90. The van der Waals surface area contributed by atoms with E-state index in [1.165, 1.54) is 6.07 Å². The van der Waals surface area contributed by atoms with Gasteiger partial charge in [0.1, 0.15) is 18.2 Å². The van der Waals surface area contributed by atoms with Crippen LogP contribution >= 0.6 is 0 Å². The smallest absolute Gasteiger partial charge is 0.489 e. The number of hydrogen-bond acceptors (Lipinski definition) is 3. The van der Waals surface area contributed by atoms with E-state index in [9.17, 15) is 14.4 Å². The van der Waals surface area contributed by atoms with E-state index in [-0.39, 0.29) is 17.8 Å². The molecule has 0 spiro atoms. The van der Waals surface area contributed by atoms with Crippen molar-refractivity contribution in [2.75, 3.05) is 0 Å². The molecule has 0 radical (unpaired) electrons. The zero-order valence-corrected chi connectivity index (χ0v) is 10.5. The van der Waals surface area contributed by atoms with E-state index in [0.29, 0.717) is 5.56 Å². The van der Waals surface area contributed by atoms with Crippen molar-refractivity contribution in [3.05, 3.63) is 59.4 Å². The molecule has 98 valence electrons. The average Bonchev–Trinajstić information content (AvgIpc) is 2.36. The monoisotopic (exact) mass is 260 g/mol. The third-order valence-electron chi connectivity index (χ3n) is 2.73. The lowest BCUT2D eigenvalue weighted by atomic mass is 9.78. The van der Waals surface area contributed by atoms with Crippen molar-refractivity contribution in [1.29, 1.82) is 0 Å². The van der Waals surface area contributed by atoms with Gasteiger partial charge in [0.05, 0.1) is 5.46 Å². The Morgan fingerprint density at radius 2 is 1.84 bits per heavy atom. The number of rotatable bonds is 4. The average molecular weight is 260 g/mol. The maximum Gasteiger partial charge on any atom is 0.495 e. The number of hydrogen-bond donors (Lipinski definition) is 2. The predicted octanol–water partition coefficient (Wildman–Crippen LogP) is 1.39. The normalized spacial score (nSPS) is 10.3. The summed E-state index contributed by atoms with van der Waals surface area (Å²) in [5.41, 5.74) is 1.34. The van der Waals surface area contributed by atoms with E-state index in [1.54, 1.807) is 13.0 Å². The summed E-state index contributed by atoms with van der Waals surface area (Å²) in [6.45, 7) is 1.95. The van der Waals surface area contributed by atoms with E-state index in [4.69, 9.17) is 4.74 Å². The number of ether oxygens (including phenoxy) is 1. The molecule has 2 rings (SSSR count). The van der Waals surface area contributed by atoms with Gasteiger partial charge >= 0.3 is 7.12 Å². The Kier molecular flexibility index (Phi) is 4.19. The van der Waals surface area contributed by atoms with Crippen molar-refractivity contribution in [1.82, 2.24) is 0 Å². The van der Waals surface area contributed by atoms with Gasteiger partial charge in [-0.25, -0.2) is 4.39 Å². The summed E-state index contributed by atoms with van der Waals surface area (Å²) >= 11 is 0. The lowest BCUT2D eigenvalue weighted by molar-refractivity contribution is 0.305. The summed E-state index contributed by atoms with van der Waals surface area (Å²) in [6, 6.07) is 12.2. The molecule has 2 aromatic rings. The van der Waals surface area contributed by atoms with Gasteiger partial charge in [-0.2, -0.15) is 0 Å². The molecule has 0 aliphatic carbocycles. The molecule has 0 fully saturated rings. The molecular weight excluding hydrogens is 246 g/mol. The van der Waals surface area contributed by atoms with Crippen molar-refractivity contribution in [2.45, 2.75) is 13.5 Å². The van der Waals surface area contributed by atoms with Gasteiger partial charge < -0.3 is 14.8 Å². The summed E-state index contributed by atoms with van der Waals surface area (Å²) in [5.74, 6) is -0.533. The van der Waals surface area contributed by atoms with Crippen molar-refractivity contribution in [2.24, 2.45) is 0 Å². The zero-order chi connectivity index (χ0) is 13.8. The number of benzene rings is 2. The van der Waals surface area contributed by atoms with Gasteiger partial charge in [-0.05, 0) is 30.2 Å². The maximum absolute atomic E-state index is 13.7. The predicted molar refractivity (Wildman–Crippen MR) is 71.7 cm³/mol. The highest BCUT2D eigenvalue weighted by Gasteiger charge is 2.22. The highest BCUT2D eigenvalue weighted by molar-refractivity contribution is 6.59. The van der Waals surface area contributed by atoms with Crippen LogP contribution in [0.2, 0.25) is 0 Å². The van der Waals surface area contributed by atoms with Crippen molar-refractivity contribution in [3.8, 4) is 5.75 Å². The first kappa shape index (κ1) is 13.6. The molecule has 5 heteroatoms. The quantitative estimate of drug-likeness (QED) is 0.817. The van der Waals surface area contributed by atoms with Crippen LogP contribution in [0.15, 0.2) is 42.5 Å². The second-order valence-corrected chi connectivity index (χ2v) is 4.31. The van der Waals surface area contributed by atoms with Crippen LogP contribution in [0, 0.1) is 12.7 Å². The van der Waals surface area contributed by atoms with Crippen molar-refractivity contribution in [3.63, 3.8) is 0 Å². The molecule has 0 heterocycles. The van der Waals surface area contributed by atoms with E-state index in [0.717, 1.165) is 5.56 Å². The molecular formula is C14H14BFO3. The Hall–Kier alpha value is -1.85. The second kappa shape index (κ2) is 5.86. The third-order valence-corrected chi connectivity index (χ3v) is 2.73. The Bertz CT molecular complexity index is 558. The molecule has 0 amide bonds. The van der Waals surface area contributed by atoms with Crippen LogP contribution in [-0.2, 0) is 6.61 Å². The van der Waals surface area contributed by atoms with Gasteiger partial charge in [-0.15, -0.1) is 0 Å². The van der Waals surface area contributed by atoms with Crippen LogP contribution in [0.25, 0.3) is 0 Å². The first-order valence-electron chi connectivity index (χ1n) is 5.91.